The number of nitrogens with one attached hydrogen (secondary N) is 1. The van der Waals surface area contributed by atoms with Crippen molar-refractivity contribution in [2.75, 3.05) is 18.0 Å². The zero-order valence-corrected chi connectivity index (χ0v) is 27.1. The standard InChI is InChI=1S/C30H34Cl3N3O5S/c1-6-26(29(38)34-30(2,3)4)35(18-22-23(31)13-10-14-24(22)32)28(37)19-36(20-15-16-27(41-5)25(33)17-20)42(39,40)21-11-8-7-9-12-21/h7-17,26H,6,18-19H2,1-5H3,(H,34,38)/t26-/m0/s1. The number of hydrogen-bond acceptors (Lipinski definition) is 5. The number of ether oxygens (including phenoxy) is 1. The maximum Gasteiger partial charge on any atom is 0.264 e. The summed E-state index contributed by atoms with van der Waals surface area (Å²) < 4.78 is 34.1. The third-order valence-electron chi connectivity index (χ3n) is 6.31. The Morgan fingerprint density at radius 2 is 1.55 bits per heavy atom. The number of amides is 2. The molecule has 0 fully saturated rings. The number of methoxy groups -OCH3 is 1. The van der Waals surface area contributed by atoms with Gasteiger partial charge in [0.2, 0.25) is 11.8 Å². The Morgan fingerprint density at radius 3 is 2.07 bits per heavy atom. The highest BCUT2D eigenvalue weighted by atomic mass is 35.5. The smallest absolute Gasteiger partial charge is 0.264 e. The molecule has 0 saturated carbocycles. The monoisotopic (exact) mass is 653 g/mol. The van der Waals surface area contributed by atoms with Crippen LogP contribution in [0.15, 0.2) is 71.6 Å². The number of carbonyl (C=O) groups excluding carboxylic acids is 2. The van der Waals surface area contributed by atoms with Crippen molar-refractivity contribution in [2.24, 2.45) is 0 Å². The molecule has 0 aliphatic carbocycles. The van der Waals surface area contributed by atoms with Crippen molar-refractivity contribution in [3.05, 3.63) is 87.4 Å². The lowest BCUT2D eigenvalue weighted by Gasteiger charge is -2.35. The Hall–Kier alpha value is -2.98. The van der Waals surface area contributed by atoms with E-state index in [-0.39, 0.29) is 28.6 Å². The highest BCUT2D eigenvalue weighted by Gasteiger charge is 2.35. The molecular weight excluding hydrogens is 621 g/mol. The summed E-state index contributed by atoms with van der Waals surface area (Å²) in [6.07, 6.45) is 0.246. The summed E-state index contributed by atoms with van der Waals surface area (Å²) in [5.74, 6) is -0.705. The molecule has 0 aliphatic heterocycles. The topological polar surface area (TPSA) is 96.0 Å². The second-order valence-corrected chi connectivity index (χ2v) is 13.6. The molecule has 0 spiro atoms. The Bertz CT molecular complexity index is 1510. The van der Waals surface area contributed by atoms with E-state index in [2.05, 4.69) is 5.32 Å². The van der Waals surface area contributed by atoms with E-state index in [9.17, 15) is 18.0 Å². The van der Waals surface area contributed by atoms with Crippen LogP contribution in [0.4, 0.5) is 5.69 Å². The van der Waals surface area contributed by atoms with Gasteiger partial charge in [-0.15, -0.1) is 0 Å². The second-order valence-electron chi connectivity index (χ2n) is 10.5. The van der Waals surface area contributed by atoms with Crippen molar-refractivity contribution < 1.29 is 22.7 Å². The van der Waals surface area contributed by atoms with Crippen LogP contribution < -0.4 is 14.4 Å². The van der Waals surface area contributed by atoms with Crippen molar-refractivity contribution >= 4 is 62.3 Å². The Labute approximate surface area is 262 Å². The molecule has 3 aromatic rings. The second kappa shape index (κ2) is 14.0. The molecule has 0 radical (unpaired) electrons. The van der Waals surface area contributed by atoms with Crippen molar-refractivity contribution in [2.45, 2.75) is 57.1 Å². The molecule has 12 heteroatoms. The average molecular weight is 655 g/mol. The summed E-state index contributed by atoms with van der Waals surface area (Å²) in [7, 11) is -2.82. The Kier molecular flexibility index (Phi) is 11.2. The zero-order valence-electron chi connectivity index (χ0n) is 24.0. The first-order valence-electron chi connectivity index (χ1n) is 13.1. The first-order chi connectivity index (χ1) is 19.7. The molecule has 3 aromatic carbocycles. The first-order valence-corrected chi connectivity index (χ1v) is 15.7. The van der Waals surface area contributed by atoms with E-state index in [4.69, 9.17) is 39.5 Å². The van der Waals surface area contributed by atoms with Gasteiger partial charge >= 0.3 is 0 Å². The van der Waals surface area contributed by atoms with Crippen molar-refractivity contribution in [1.29, 1.82) is 0 Å². The lowest BCUT2D eigenvalue weighted by molar-refractivity contribution is -0.141. The number of rotatable bonds is 11. The van der Waals surface area contributed by atoms with E-state index < -0.39 is 40.0 Å². The quantitative estimate of drug-likeness (QED) is 0.252. The van der Waals surface area contributed by atoms with Gasteiger partial charge in [-0.3, -0.25) is 13.9 Å². The minimum absolute atomic E-state index is 0.0250. The minimum Gasteiger partial charge on any atom is -0.495 e. The Balaban J connectivity index is 2.14. The van der Waals surface area contributed by atoms with Crippen LogP contribution in [0.2, 0.25) is 15.1 Å². The molecule has 42 heavy (non-hydrogen) atoms. The minimum atomic E-state index is -4.26. The maximum atomic E-state index is 14.2. The third kappa shape index (κ3) is 8.10. The molecule has 0 heterocycles. The number of hydrogen-bond donors (Lipinski definition) is 1. The molecule has 0 bridgehead atoms. The van der Waals surface area contributed by atoms with E-state index in [1.807, 2.05) is 20.8 Å². The molecule has 0 saturated heterocycles. The predicted octanol–water partition coefficient (Wildman–Crippen LogP) is 6.57. The summed E-state index contributed by atoms with van der Waals surface area (Å²) in [4.78, 5) is 28.9. The van der Waals surface area contributed by atoms with E-state index in [1.54, 1.807) is 43.3 Å². The number of carbonyl (C=O) groups is 2. The van der Waals surface area contributed by atoms with Crippen LogP contribution in [0.5, 0.6) is 5.75 Å². The fourth-order valence-corrected chi connectivity index (χ4v) is 6.48. The van der Waals surface area contributed by atoms with Gasteiger partial charge in [-0.2, -0.15) is 0 Å². The van der Waals surface area contributed by atoms with E-state index in [1.165, 1.54) is 42.3 Å². The van der Waals surface area contributed by atoms with Crippen LogP contribution in [-0.2, 0) is 26.2 Å². The Morgan fingerprint density at radius 1 is 0.929 bits per heavy atom. The number of sulfonamides is 1. The maximum absolute atomic E-state index is 14.2. The van der Waals surface area contributed by atoms with Crippen LogP contribution in [0.25, 0.3) is 0 Å². The molecule has 8 nitrogen and oxygen atoms in total. The number of nitrogens with zero attached hydrogens (tertiary/aromatic N) is 2. The fourth-order valence-electron chi connectivity index (χ4n) is 4.28. The van der Waals surface area contributed by atoms with Gasteiger partial charge in [0.05, 0.1) is 22.7 Å². The summed E-state index contributed by atoms with van der Waals surface area (Å²) >= 11 is 19.3. The van der Waals surface area contributed by atoms with Crippen LogP contribution in [0, 0.1) is 0 Å². The van der Waals surface area contributed by atoms with E-state index in [0.717, 1.165) is 4.31 Å². The summed E-state index contributed by atoms with van der Waals surface area (Å²) in [5, 5.41) is 3.69. The first kappa shape index (κ1) is 33.5. The zero-order chi connectivity index (χ0) is 31.2. The van der Waals surface area contributed by atoms with E-state index >= 15 is 0 Å². The van der Waals surface area contributed by atoms with Crippen LogP contribution in [0.3, 0.4) is 0 Å². The van der Waals surface area contributed by atoms with Crippen molar-refractivity contribution in [1.82, 2.24) is 10.2 Å². The summed E-state index contributed by atoms with van der Waals surface area (Å²) in [5.41, 5.74) is -0.00822. The molecular formula is C30H34Cl3N3O5S. The van der Waals surface area contributed by atoms with Crippen molar-refractivity contribution in [3.8, 4) is 5.75 Å². The lowest BCUT2D eigenvalue weighted by atomic mass is 10.1. The molecule has 226 valence electrons. The molecule has 0 aliphatic rings. The van der Waals surface area contributed by atoms with Crippen LogP contribution in [-0.4, -0.2) is 50.4 Å². The molecule has 1 N–H and O–H groups in total. The van der Waals surface area contributed by atoms with Crippen LogP contribution >= 0.6 is 34.8 Å². The highest BCUT2D eigenvalue weighted by molar-refractivity contribution is 7.92. The molecule has 2 amide bonds. The van der Waals surface area contributed by atoms with Gasteiger partial charge in [0.15, 0.2) is 0 Å². The molecule has 0 aromatic heterocycles. The molecule has 0 unspecified atom stereocenters. The molecule has 3 rings (SSSR count). The summed E-state index contributed by atoms with van der Waals surface area (Å²) in [6, 6.07) is 16.1. The normalized spacial score (nSPS) is 12.4. The highest BCUT2D eigenvalue weighted by Crippen LogP contribution is 2.33. The van der Waals surface area contributed by atoms with Gasteiger partial charge in [0.1, 0.15) is 18.3 Å². The fraction of sp³-hybridized carbons (Fsp3) is 0.333. The number of halogens is 3. The number of anilines is 1. The van der Waals surface area contributed by atoms with Gasteiger partial charge in [-0.25, -0.2) is 8.42 Å². The van der Waals surface area contributed by atoms with Gasteiger partial charge in [-0.05, 0) is 69.7 Å². The van der Waals surface area contributed by atoms with Gasteiger partial charge in [0.25, 0.3) is 10.0 Å². The largest absolute Gasteiger partial charge is 0.495 e. The average Bonchev–Trinajstić information content (AvgIpc) is 2.92. The van der Waals surface area contributed by atoms with E-state index in [0.29, 0.717) is 21.4 Å². The van der Waals surface area contributed by atoms with Crippen molar-refractivity contribution in [3.63, 3.8) is 0 Å². The van der Waals surface area contributed by atoms with Crippen LogP contribution in [0.1, 0.15) is 39.7 Å². The lowest BCUT2D eigenvalue weighted by Crippen LogP contribution is -2.55. The summed E-state index contributed by atoms with van der Waals surface area (Å²) in [6.45, 7) is 6.49. The third-order valence-corrected chi connectivity index (χ3v) is 9.10. The SMILES string of the molecule is CC[C@@H](C(=O)NC(C)(C)C)N(Cc1c(Cl)cccc1Cl)C(=O)CN(c1ccc(OC)c(Cl)c1)S(=O)(=O)c1ccccc1. The molecule has 1 atom stereocenters. The number of benzene rings is 3. The van der Waals surface area contributed by atoms with Gasteiger partial charge < -0.3 is 15.0 Å². The predicted molar refractivity (Wildman–Crippen MR) is 168 cm³/mol. The van der Waals surface area contributed by atoms with Gasteiger partial charge in [0, 0.05) is 27.7 Å². The van der Waals surface area contributed by atoms with Gasteiger partial charge in [-0.1, -0.05) is 66.0 Å².